The predicted octanol–water partition coefficient (Wildman–Crippen LogP) is 3.82. The lowest BCUT2D eigenvalue weighted by Gasteiger charge is -2.09. The van der Waals surface area contributed by atoms with Crippen LogP contribution >= 0.6 is 11.3 Å². The standard InChI is InChI=1S/C19H17N3O5S/c1-26-16-8-7-15(22(24)25)9-17(16)27-11-14-12-28-19(21-14)10-18(23)20-13-5-3-2-4-6-13/h2-9,12H,10-11H2,1H3,(H,20,23). The molecule has 3 rings (SSSR count). The second kappa shape index (κ2) is 8.96. The molecule has 2 aromatic carbocycles. The number of carbonyl (C=O) groups is 1. The number of hydrogen-bond acceptors (Lipinski definition) is 7. The van der Waals surface area contributed by atoms with E-state index in [2.05, 4.69) is 10.3 Å². The minimum Gasteiger partial charge on any atom is -0.493 e. The number of benzene rings is 2. The van der Waals surface area contributed by atoms with E-state index in [1.165, 1.54) is 36.6 Å². The second-order valence-electron chi connectivity index (χ2n) is 5.70. The molecule has 0 unspecified atom stereocenters. The lowest BCUT2D eigenvalue weighted by Crippen LogP contribution is -2.14. The minimum absolute atomic E-state index is 0.0904. The number of nitrogens with zero attached hydrogens (tertiary/aromatic N) is 2. The fourth-order valence-corrected chi connectivity index (χ4v) is 3.18. The summed E-state index contributed by atoms with van der Waals surface area (Å²) in [5, 5.41) is 16.2. The van der Waals surface area contributed by atoms with Crippen LogP contribution in [0, 0.1) is 10.1 Å². The van der Waals surface area contributed by atoms with E-state index < -0.39 is 4.92 Å². The van der Waals surface area contributed by atoms with Crippen LogP contribution in [0.25, 0.3) is 0 Å². The first-order valence-corrected chi connectivity index (χ1v) is 9.16. The van der Waals surface area contributed by atoms with Crippen molar-refractivity contribution in [2.45, 2.75) is 13.0 Å². The van der Waals surface area contributed by atoms with Gasteiger partial charge >= 0.3 is 0 Å². The van der Waals surface area contributed by atoms with Crippen LogP contribution in [0.5, 0.6) is 11.5 Å². The summed E-state index contributed by atoms with van der Waals surface area (Å²) < 4.78 is 10.8. The van der Waals surface area contributed by atoms with Gasteiger partial charge in [0.15, 0.2) is 11.5 Å². The van der Waals surface area contributed by atoms with Crippen molar-refractivity contribution in [2.24, 2.45) is 0 Å². The molecule has 0 aliphatic rings. The molecule has 1 N–H and O–H groups in total. The van der Waals surface area contributed by atoms with E-state index in [4.69, 9.17) is 9.47 Å². The average molecular weight is 399 g/mol. The van der Waals surface area contributed by atoms with Crippen LogP contribution in [0.3, 0.4) is 0 Å². The zero-order chi connectivity index (χ0) is 19.9. The molecule has 0 fully saturated rings. The van der Waals surface area contributed by atoms with Crippen LogP contribution in [0.2, 0.25) is 0 Å². The van der Waals surface area contributed by atoms with Crippen LogP contribution in [-0.2, 0) is 17.8 Å². The summed E-state index contributed by atoms with van der Waals surface area (Å²) in [5.41, 5.74) is 1.26. The number of amides is 1. The van der Waals surface area contributed by atoms with Gasteiger partial charge in [-0.2, -0.15) is 0 Å². The normalized spacial score (nSPS) is 10.3. The monoisotopic (exact) mass is 399 g/mol. The Morgan fingerprint density at radius 3 is 2.71 bits per heavy atom. The van der Waals surface area contributed by atoms with Gasteiger partial charge in [0.25, 0.3) is 5.69 Å². The summed E-state index contributed by atoms with van der Waals surface area (Å²) in [6.07, 6.45) is 0.152. The van der Waals surface area contributed by atoms with E-state index in [9.17, 15) is 14.9 Å². The third-order valence-electron chi connectivity index (χ3n) is 3.70. The Morgan fingerprint density at radius 1 is 1.21 bits per heavy atom. The van der Waals surface area contributed by atoms with Gasteiger partial charge in [0.1, 0.15) is 11.6 Å². The first-order valence-electron chi connectivity index (χ1n) is 8.28. The molecule has 0 atom stereocenters. The fraction of sp³-hybridized carbons (Fsp3) is 0.158. The second-order valence-corrected chi connectivity index (χ2v) is 6.65. The molecule has 3 aromatic rings. The van der Waals surface area contributed by atoms with Gasteiger partial charge in [0.05, 0.1) is 30.2 Å². The summed E-state index contributed by atoms with van der Waals surface area (Å²) in [6.45, 7) is 0.105. The van der Waals surface area contributed by atoms with Crippen molar-refractivity contribution in [3.8, 4) is 11.5 Å². The van der Waals surface area contributed by atoms with Crippen molar-refractivity contribution in [1.29, 1.82) is 0 Å². The average Bonchev–Trinajstić information content (AvgIpc) is 3.13. The molecule has 0 saturated heterocycles. The largest absolute Gasteiger partial charge is 0.493 e. The third-order valence-corrected chi connectivity index (χ3v) is 4.60. The molecule has 8 nitrogen and oxygen atoms in total. The zero-order valence-corrected chi connectivity index (χ0v) is 15.8. The maximum Gasteiger partial charge on any atom is 0.273 e. The van der Waals surface area contributed by atoms with Crippen LogP contribution in [0.1, 0.15) is 10.7 Å². The van der Waals surface area contributed by atoms with Crippen molar-refractivity contribution < 1.29 is 19.2 Å². The topological polar surface area (TPSA) is 104 Å². The molecular weight excluding hydrogens is 382 g/mol. The van der Waals surface area contributed by atoms with Crippen molar-refractivity contribution >= 4 is 28.6 Å². The molecular formula is C19H17N3O5S. The number of hydrogen-bond donors (Lipinski definition) is 1. The summed E-state index contributed by atoms with van der Waals surface area (Å²) in [7, 11) is 1.46. The fourth-order valence-electron chi connectivity index (χ4n) is 2.40. The van der Waals surface area contributed by atoms with E-state index in [0.29, 0.717) is 16.5 Å². The maximum atomic E-state index is 12.1. The van der Waals surface area contributed by atoms with Crippen LogP contribution in [0.15, 0.2) is 53.9 Å². The Morgan fingerprint density at radius 2 is 2.00 bits per heavy atom. The van der Waals surface area contributed by atoms with Gasteiger partial charge in [-0.1, -0.05) is 18.2 Å². The number of nitrogens with one attached hydrogen (secondary N) is 1. The van der Waals surface area contributed by atoms with Gasteiger partial charge < -0.3 is 14.8 Å². The number of aromatic nitrogens is 1. The molecule has 1 amide bonds. The lowest BCUT2D eigenvalue weighted by molar-refractivity contribution is -0.385. The number of methoxy groups -OCH3 is 1. The van der Waals surface area contributed by atoms with Crippen LogP contribution < -0.4 is 14.8 Å². The molecule has 0 saturated carbocycles. The highest BCUT2D eigenvalue weighted by Crippen LogP contribution is 2.31. The highest BCUT2D eigenvalue weighted by Gasteiger charge is 2.14. The van der Waals surface area contributed by atoms with Gasteiger partial charge in [-0.25, -0.2) is 4.98 Å². The van der Waals surface area contributed by atoms with Crippen LogP contribution in [-0.4, -0.2) is 22.9 Å². The number of rotatable bonds is 8. The number of carbonyl (C=O) groups excluding carboxylic acids is 1. The van der Waals surface area contributed by atoms with E-state index in [-0.39, 0.29) is 30.4 Å². The first-order chi connectivity index (χ1) is 13.5. The predicted molar refractivity (Wildman–Crippen MR) is 105 cm³/mol. The third kappa shape index (κ3) is 5.04. The summed E-state index contributed by atoms with van der Waals surface area (Å²) >= 11 is 1.35. The highest BCUT2D eigenvalue weighted by molar-refractivity contribution is 7.09. The first kappa shape index (κ1) is 19.3. The summed E-state index contributed by atoms with van der Waals surface area (Å²) in [4.78, 5) is 26.9. The van der Waals surface area contributed by atoms with E-state index >= 15 is 0 Å². The molecule has 0 spiro atoms. The maximum absolute atomic E-state index is 12.1. The Balaban J connectivity index is 1.60. The number of ether oxygens (including phenoxy) is 2. The van der Waals surface area contributed by atoms with Crippen LogP contribution in [0.4, 0.5) is 11.4 Å². The van der Waals surface area contributed by atoms with Gasteiger partial charge in [-0.15, -0.1) is 11.3 Å². The quantitative estimate of drug-likeness (QED) is 0.456. The molecule has 0 aliphatic heterocycles. The number of nitro groups is 1. The molecule has 0 aliphatic carbocycles. The molecule has 1 heterocycles. The van der Waals surface area contributed by atoms with Gasteiger partial charge in [-0.3, -0.25) is 14.9 Å². The number of thiazole rings is 1. The van der Waals surface area contributed by atoms with Crippen molar-refractivity contribution in [1.82, 2.24) is 4.98 Å². The number of para-hydroxylation sites is 1. The summed E-state index contributed by atoms with van der Waals surface area (Å²) in [6, 6.07) is 13.3. The number of non-ortho nitro benzene ring substituents is 1. The Hall–Kier alpha value is -3.46. The Kier molecular flexibility index (Phi) is 6.18. The summed E-state index contributed by atoms with van der Waals surface area (Å²) in [5.74, 6) is 0.490. The lowest BCUT2D eigenvalue weighted by atomic mass is 10.3. The van der Waals surface area contributed by atoms with Gasteiger partial charge in [0.2, 0.25) is 5.91 Å². The molecule has 0 bridgehead atoms. The molecule has 9 heteroatoms. The molecule has 28 heavy (non-hydrogen) atoms. The highest BCUT2D eigenvalue weighted by atomic mass is 32.1. The SMILES string of the molecule is COc1ccc([N+](=O)[O-])cc1OCc1csc(CC(=O)Nc2ccccc2)n1. The smallest absolute Gasteiger partial charge is 0.273 e. The number of nitro benzene ring substituents is 1. The minimum atomic E-state index is -0.501. The molecule has 144 valence electrons. The molecule has 1 aromatic heterocycles. The van der Waals surface area contributed by atoms with Crippen molar-refractivity contribution in [3.63, 3.8) is 0 Å². The Labute approximate surface area is 164 Å². The van der Waals surface area contributed by atoms with E-state index in [0.717, 1.165) is 5.69 Å². The van der Waals surface area contributed by atoms with Crippen molar-refractivity contribution in [3.05, 3.63) is 74.7 Å². The van der Waals surface area contributed by atoms with E-state index in [1.807, 2.05) is 30.3 Å². The van der Waals surface area contributed by atoms with Gasteiger partial charge in [0, 0.05) is 17.1 Å². The molecule has 0 radical (unpaired) electrons. The van der Waals surface area contributed by atoms with Crippen molar-refractivity contribution in [2.75, 3.05) is 12.4 Å². The Bertz CT molecular complexity index is 975. The van der Waals surface area contributed by atoms with E-state index in [1.54, 1.807) is 5.38 Å². The van der Waals surface area contributed by atoms with Gasteiger partial charge in [-0.05, 0) is 18.2 Å². The number of anilines is 1. The zero-order valence-electron chi connectivity index (χ0n) is 15.0.